The largest absolute Gasteiger partial charge is 0.394 e. The third-order valence-electron chi connectivity index (χ3n) is 2.54. The quantitative estimate of drug-likeness (QED) is 0.825. The average molecular weight is 284 g/mol. The number of hydrogen-bond acceptors (Lipinski definition) is 7. The van der Waals surface area contributed by atoms with Gasteiger partial charge in [-0.25, -0.2) is 4.98 Å². The SMILES string of the molecule is CC(C)C(CO)Nc1nc(Cl)nc(-n2cncn2)n1. The molecular formula is C10H14ClN7O. The maximum absolute atomic E-state index is 9.29. The van der Waals surface area contributed by atoms with Crippen molar-refractivity contribution in [3.63, 3.8) is 0 Å². The van der Waals surface area contributed by atoms with Gasteiger partial charge < -0.3 is 10.4 Å². The molecule has 2 aromatic rings. The molecule has 102 valence electrons. The predicted molar refractivity (Wildman–Crippen MR) is 69.1 cm³/mol. The minimum absolute atomic E-state index is 0.0281. The van der Waals surface area contributed by atoms with E-state index in [0.717, 1.165) is 0 Å². The van der Waals surface area contributed by atoms with Crippen LogP contribution >= 0.6 is 11.6 Å². The highest BCUT2D eigenvalue weighted by molar-refractivity contribution is 6.28. The van der Waals surface area contributed by atoms with Crippen LogP contribution < -0.4 is 5.32 Å². The average Bonchev–Trinajstić information content (AvgIpc) is 2.88. The number of rotatable bonds is 5. The van der Waals surface area contributed by atoms with E-state index in [1.807, 2.05) is 13.8 Å². The lowest BCUT2D eigenvalue weighted by Gasteiger charge is -2.19. The highest BCUT2D eigenvalue weighted by Gasteiger charge is 2.15. The lowest BCUT2D eigenvalue weighted by molar-refractivity contribution is 0.248. The Kier molecular flexibility index (Phi) is 4.23. The van der Waals surface area contributed by atoms with Gasteiger partial charge in [-0.3, -0.25) is 0 Å². The molecule has 8 nitrogen and oxygen atoms in total. The highest BCUT2D eigenvalue weighted by Crippen LogP contribution is 2.12. The van der Waals surface area contributed by atoms with E-state index in [9.17, 15) is 5.11 Å². The third-order valence-corrected chi connectivity index (χ3v) is 2.70. The van der Waals surface area contributed by atoms with Crippen LogP contribution in [0.25, 0.3) is 5.95 Å². The maximum Gasteiger partial charge on any atom is 0.258 e. The van der Waals surface area contributed by atoms with Gasteiger partial charge in [0, 0.05) is 0 Å². The smallest absolute Gasteiger partial charge is 0.258 e. The molecule has 0 aliphatic heterocycles. The number of hydrogen-bond donors (Lipinski definition) is 2. The Morgan fingerprint density at radius 3 is 2.74 bits per heavy atom. The molecule has 0 aliphatic carbocycles. The van der Waals surface area contributed by atoms with Crippen LogP contribution in [0.1, 0.15) is 13.8 Å². The van der Waals surface area contributed by atoms with Crippen LogP contribution in [-0.2, 0) is 0 Å². The number of halogens is 1. The normalized spacial score (nSPS) is 12.7. The van der Waals surface area contributed by atoms with Crippen molar-refractivity contribution >= 4 is 17.5 Å². The molecule has 0 saturated carbocycles. The Morgan fingerprint density at radius 1 is 1.37 bits per heavy atom. The second-order valence-corrected chi connectivity index (χ2v) is 4.58. The fourth-order valence-corrected chi connectivity index (χ4v) is 1.56. The zero-order valence-electron chi connectivity index (χ0n) is 10.5. The molecule has 0 aromatic carbocycles. The van der Waals surface area contributed by atoms with Crippen LogP contribution in [0, 0.1) is 5.92 Å². The summed E-state index contributed by atoms with van der Waals surface area (Å²) in [5, 5.41) is 16.3. The topological polar surface area (TPSA) is 102 Å². The molecular weight excluding hydrogens is 270 g/mol. The molecule has 2 N–H and O–H groups in total. The fourth-order valence-electron chi connectivity index (χ4n) is 1.41. The summed E-state index contributed by atoms with van der Waals surface area (Å²) in [6.07, 6.45) is 2.83. The van der Waals surface area contributed by atoms with Gasteiger partial charge in [0.05, 0.1) is 12.6 Å². The number of aliphatic hydroxyl groups is 1. The zero-order chi connectivity index (χ0) is 13.8. The molecule has 2 heterocycles. The van der Waals surface area contributed by atoms with Crippen molar-refractivity contribution in [2.45, 2.75) is 19.9 Å². The van der Waals surface area contributed by atoms with Crippen molar-refractivity contribution in [2.24, 2.45) is 5.92 Å². The van der Waals surface area contributed by atoms with E-state index in [2.05, 4.69) is 30.4 Å². The third kappa shape index (κ3) is 3.36. The van der Waals surface area contributed by atoms with Crippen molar-refractivity contribution in [1.82, 2.24) is 29.7 Å². The van der Waals surface area contributed by atoms with E-state index in [0.29, 0.717) is 5.95 Å². The summed E-state index contributed by atoms with van der Waals surface area (Å²) >= 11 is 5.85. The highest BCUT2D eigenvalue weighted by atomic mass is 35.5. The molecule has 1 unspecified atom stereocenters. The summed E-state index contributed by atoms with van der Waals surface area (Å²) in [6.45, 7) is 3.93. The van der Waals surface area contributed by atoms with Crippen LogP contribution in [0.2, 0.25) is 5.28 Å². The number of aromatic nitrogens is 6. The van der Waals surface area contributed by atoms with E-state index in [1.54, 1.807) is 0 Å². The molecule has 0 saturated heterocycles. The summed E-state index contributed by atoms with van der Waals surface area (Å²) < 4.78 is 1.38. The van der Waals surface area contributed by atoms with Gasteiger partial charge in [0.25, 0.3) is 5.95 Å². The molecule has 0 bridgehead atoms. The summed E-state index contributed by atoms with van der Waals surface area (Å²) in [7, 11) is 0. The van der Waals surface area contributed by atoms with Gasteiger partial charge in [-0.15, -0.1) is 0 Å². The first-order valence-corrected chi connectivity index (χ1v) is 6.12. The van der Waals surface area contributed by atoms with E-state index in [4.69, 9.17) is 11.6 Å². The molecule has 2 aromatic heterocycles. The van der Waals surface area contributed by atoms with Crippen LogP contribution in [0.4, 0.5) is 5.95 Å². The van der Waals surface area contributed by atoms with Gasteiger partial charge in [-0.1, -0.05) is 13.8 Å². The van der Waals surface area contributed by atoms with Crippen LogP contribution in [0.15, 0.2) is 12.7 Å². The fraction of sp³-hybridized carbons (Fsp3) is 0.500. The van der Waals surface area contributed by atoms with Gasteiger partial charge in [0.15, 0.2) is 0 Å². The van der Waals surface area contributed by atoms with E-state index in [-0.39, 0.29) is 29.8 Å². The minimum Gasteiger partial charge on any atom is -0.394 e. The molecule has 0 spiro atoms. The number of nitrogens with zero attached hydrogens (tertiary/aromatic N) is 6. The Morgan fingerprint density at radius 2 is 2.16 bits per heavy atom. The van der Waals surface area contributed by atoms with E-state index in [1.165, 1.54) is 17.3 Å². The predicted octanol–water partition coefficient (Wildman–Crippen LogP) is 0.534. The minimum atomic E-state index is -0.165. The molecule has 2 rings (SSSR count). The van der Waals surface area contributed by atoms with Crippen molar-refractivity contribution < 1.29 is 5.11 Å². The van der Waals surface area contributed by atoms with Gasteiger partial charge in [0.2, 0.25) is 11.2 Å². The molecule has 19 heavy (non-hydrogen) atoms. The Bertz CT molecular complexity index is 531. The van der Waals surface area contributed by atoms with Crippen LogP contribution in [-0.4, -0.2) is 47.5 Å². The van der Waals surface area contributed by atoms with Gasteiger partial charge in [-0.05, 0) is 17.5 Å². The zero-order valence-corrected chi connectivity index (χ0v) is 11.3. The summed E-state index contributed by atoms with van der Waals surface area (Å²) in [5.74, 6) is 0.772. The molecule has 0 radical (unpaired) electrons. The second kappa shape index (κ2) is 5.89. The summed E-state index contributed by atoms with van der Waals surface area (Å²) in [6, 6.07) is -0.165. The summed E-state index contributed by atoms with van der Waals surface area (Å²) in [5.41, 5.74) is 0. The van der Waals surface area contributed by atoms with E-state index < -0.39 is 0 Å². The van der Waals surface area contributed by atoms with Crippen molar-refractivity contribution in [3.8, 4) is 5.95 Å². The van der Waals surface area contributed by atoms with Crippen molar-refractivity contribution in [1.29, 1.82) is 0 Å². The van der Waals surface area contributed by atoms with Crippen LogP contribution in [0.5, 0.6) is 0 Å². The lowest BCUT2D eigenvalue weighted by Crippen LogP contribution is -2.30. The standard InChI is InChI=1S/C10H14ClN7O/c1-6(2)7(3-19)14-9-15-8(11)16-10(17-9)18-5-12-4-13-18/h4-7,19H,3H2,1-2H3,(H,14,15,16,17). The molecule has 0 aliphatic rings. The Balaban J connectivity index is 2.27. The molecule has 0 fully saturated rings. The molecule has 9 heteroatoms. The van der Waals surface area contributed by atoms with Crippen molar-refractivity contribution in [3.05, 3.63) is 17.9 Å². The second-order valence-electron chi connectivity index (χ2n) is 4.25. The first-order chi connectivity index (χ1) is 9.10. The Hall–Kier alpha value is -1.80. The number of nitrogens with one attached hydrogen (secondary N) is 1. The van der Waals surface area contributed by atoms with Gasteiger partial charge >= 0.3 is 0 Å². The monoisotopic (exact) mass is 283 g/mol. The number of aliphatic hydroxyl groups excluding tert-OH is 1. The van der Waals surface area contributed by atoms with Gasteiger partial charge in [-0.2, -0.15) is 24.7 Å². The first-order valence-electron chi connectivity index (χ1n) is 5.74. The van der Waals surface area contributed by atoms with Gasteiger partial charge in [0.1, 0.15) is 12.7 Å². The number of anilines is 1. The molecule has 1 atom stereocenters. The Labute approximate surface area is 114 Å². The van der Waals surface area contributed by atoms with Crippen LogP contribution in [0.3, 0.4) is 0 Å². The lowest BCUT2D eigenvalue weighted by atomic mass is 10.1. The van der Waals surface area contributed by atoms with Crippen molar-refractivity contribution in [2.75, 3.05) is 11.9 Å². The maximum atomic E-state index is 9.29. The first kappa shape index (κ1) is 13.6. The van der Waals surface area contributed by atoms with E-state index >= 15 is 0 Å². The molecule has 0 amide bonds. The summed E-state index contributed by atoms with van der Waals surface area (Å²) in [4.78, 5) is 15.9.